The predicted octanol–water partition coefficient (Wildman–Crippen LogP) is 5.10. The average molecular weight is 476 g/mol. The molecule has 0 unspecified atom stereocenters. The van der Waals surface area contributed by atoms with Crippen LogP contribution < -0.4 is 0 Å². The van der Waals surface area contributed by atoms with Gasteiger partial charge in [0.2, 0.25) is 0 Å². The van der Waals surface area contributed by atoms with E-state index in [-0.39, 0.29) is 33.1 Å². The van der Waals surface area contributed by atoms with Crippen molar-refractivity contribution < 1.29 is 14.0 Å². The Balaban J connectivity index is 2.36. The summed E-state index contributed by atoms with van der Waals surface area (Å²) in [6.07, 6.45) is 1.44. The summed E-state index contributed by atoms with van der Waals surface area (Å²) < 4.78 is 6.32. The number of halogens is 1. The fourth-order valence-electron chi connectivity index (χ4n) is 2.90. The van der Waals surface area contributed by atoms with Gasteiger partial charge in [-0.1, -0.05) is 62.7 Å². The number of aromatic nitrogens is 1. The van der Waals surface area contributed by atoms with Gasteiger partial charge >= 0.3 is 0 Å². The zero-order valence-electron chi connectivity index (χ0n) is 20.1. The van der Waals surface area contributed by atoms with Crippen LogP contribution in [0.5, 0.6) is 0 Å². The highest BCUT2D eigenvalue weighted by atomic mass is 35.5. The van der Waals surface area contributed by atoms with Gasteiger partial charge < -0.3 is 14.2 Å². The van der Waals surface area contributed by atoms with Crippen LogP contribution in [0.3, 0.4) is 0 Å². The first-order chi connectivity index (χ1) is 14.8. The summed E-state index contributed by atoms with van der Waals surface area (Å²) in [5, 5.41) is 0.0882. The Morgan fingerprint density at radius 1 is 1.06 bits per heavy atom. The zero-order valence-corrected chi connectivity index (χ0v) is 21.9. The van der Waals surface area contributed by atoms with Crippen molar-refractivity contribution in [2.75, 3.05) is 27.2 Å². The van der Waals surface area contributed by atoms with Gasteiger partial charge in [-0.15, -0.1) is 0 Å². The molecule has 6 nitrogen and oxygen atoms in total. The van der Waals surface area contributed by atoms with Gasteiger partial charge in [0.05, 0.1) is 17.7 Å². The van der Waals surface area contributed by atoms with E-state index in [1.54, 1.807) is 19.0 Å². The third kappa shape index (κ3) is 6.40. The van der Waals surface area contributed by atoms with E-state index in [9.17, 15) is 9.59 Å². The molecule has 1 heterocycles. The van der Waals surface area contributed by atoms with E-state index in [1.165, 1.54) is 17.2 Å². The molecule has 0 spiro atoms. The molecule has 0 aliphatic heterocycles. The van der Waals surface area contributed by atoms with Gasteiger partial charge in [0, 0.05) is 33.4 Å². The van der Waals surface area contributed by atoms with Crippen LogP contribution in [0.25, 0.3) is 0 Å². The minimum absolute atomic E-state index is 0.0195. The van der Waals surface area contributed by atoms with Gasteiger partial charge in [-0.2, -0.15) is 0 Å². The molecule has 0 saturated heterocycles. The van der Waals surface area contributed by atoms with Crippen molar-refractivity contribution in [2.24, 2.45) is 0 Å². The predicted molar refractivity (Wildman–Crippen MR) is 132 cm³/mol. The first-order valence-electron chi connectivity index (χ1n) is 10.7. The Kier molecular flexibility index (Phi) is 8.62. The summed E-state index contributed by atoms with van der Waals surface area (Å²) in [5.41, 5.74) is 1.34. The van der Waals surface area contributed by atoms with Crippen LogP contribution >= 0.6 is 11.6 Å². The number of benzene rings is 1. The largest absolute Gasteiger partial charge is 0.415 e. The molecule has 1 aromatic heterocycles. The quantitative estimate of drug-likeness (QED) is 0.393. The maximum atomic E-state index is 13.7. The molecule has 8 heteroatoms. The summed E-state index contributed by atoms with van der Waals surface area (Å²) in [7, 11) is 1.31. The number of amides is 2. The molecular weight excluding hydrogens is 442 g/mol. The number of hydrogen-bond donors (Lipinski definition) is 0. The van der Waals surface area contributed by atoms with Crippen molar-refractivity contribution in [2.45, 2.75) is 45.4 Å². The van der Waals surface area contributed by atoms with Crippen LogP contribution in [-0.2, 0) is 11.0 Å². The second-order valence-electron chi connectivity index (χ2n) is 9.54. The Labute approximate surface area is 197 Å². The Morgan fingerprint density at radius 2 is 1.69 bits per heavy atom. The number of pyridine rings is 1. The lowest BCUT2D eigenvalue weighted by Gasteiger charge is -2.37. The lowest BCUT2D eigenvalue weighted by Crippen LogP contribution is -2.43. The van der Waals surface area contributed by atoms with E-state index >= 15 is 0 Å². The maximum Gasteiger partial charge on any atom is 0.258 e. The Hall–Kier alpha value is -2.22. The van der Waals surface area contributed by atoms with Crippen molar-refractivity contribution in [1.82, 2.24) is 14.8 Å². The summed E-state index contributed by atoms with van der Waals surface area (Å²) >= 11 is 6.33. The molecule has 0 saturated carbocycles. The first-order valence-corrected chi connectivity index (χ1v) is 14.0. The summed E-state index contributed by atoms with van der Waals surface area (Å²) in [6, 6.07) is 11.3. The number of hydrogen-bond acceptors (Lipinski definition) is 4. The van der Waals surface area contributed by atoms with Gasteiger partial charge in [-0.05, 0) is 29.8 Å². The standard InChI is InChI=1S/C24H34ClN3O3Si/c1-24(2,3)32(6,7)31-16-15-28(17-18-11-9-8-10-12-18)23(30)20-19(22(29)27(4)5)13-14-26-21(20)25/h8-14H,15-17H2,1-7H3. The summed E-state index contributed by atoms with van der Waals surface area (Å²) in [5.74, 6) is -0.634. The third-order valence-corrected chi connectivity index (χ3v) is 10.7. The first kappa shape index (κ1) is 26.0. The Morgan fingerprint density at radius 3 is 2.25 bits per heavy atom. The van der Waals surface area contributed by atoms with Crippen LogP contribution in [0, 0.1) is 0 Å². The molecule has 0 fully saturated rings. The van der Waals surface area contributed by atoms with E-state index in [0.29, 0.717) is 19.7 Å². The molecule has 1 aromatic carbocycles. The highest BCUT2D eigenvalue weighted by Gasteiger charge is 2.37. The molecule has 0 radical (unpaired) electrons. The molecular formula is C24H34ClN3O3Si. The van der Waals surface area contributed by atoms with Crippen LogP contribution in [0.4, 0.5) is 0 Å². The normalized spacial score (nSPS) is 11.9. The molecule has 0 N–H and O–H groups in total. The monoisotopic (exact) mass is 475 g/mol. The second kappa shape index (κ2) is 10.6. The molecule has 174 valence electrons. The van der Waals surface area contributed by atoms with E-state index < -0.39 is 8.32 Å². The van der Waals surface area contributed by atoms with Gasteiger partial charge in [0.15, 0.2) is 8.32 Å². The van der Waals surface area contributed by atoms with Crippen molar-refractivity contribution in [3.8, 4) is 0 Å². The zero-order chi connectivity index (χ0) is 24.1. The minimum atomic E-state index is -1.97. The van der Waals surface area contributed by atoms with Gasteiger partial charge in [-0.3, -0.25) is 9.59 Å². The molecule has 0 atom stereocenters. The smallest absolute Gasteiger partial charge is 0.258 e. The lowest BCUT2D eigenvalue weighted by atomic mass is 10.1. The molecule has 32 heavy (non-hydrogen) atoms. The highest BCUT2D eigenvalue weighted by Crippen LogP contribution is 2.36. The molecule has 0 bridgehead atoms. The summed E-state index contributed by atoms with van der Waals surface area (Å²) in [4.78, 5) is 33.5. The van der Waals surface area contributed by atoms with Gasteiger partial charge in [0.1, 0.15) is 5.15 Å². The number of carbonyl (C=O) groups excluding carboxylic acids is 2. The van der Waals surface area contributed by atoms with Crippen molar-refractivity contribution in [3.63, 3.8) is 0 Å². The maximum absolute atomic E-state index is 13.7. The molecule has 0 aliphatic rings. The lowest BCUT2D eigenvalue weighted by molar-refractivity contribution is 0.0700. The topological polar surface area (TPSA) is 62.7 Å². The number of rotatable bonds is 8. The van der Waals surface area contributed by atoms with E-state index in [0.717, 1.165) is 5.56 Å². The molecule has 0 aliphatic carbocycles. The Bertz CT molecular complexity index is 943. The second-order valence-corrected chi connectivity index (χ2v) is 14.7. The van der Waals surface area contributed by atoms with Gasteiger partial charge in [0.25, 0.3) is 11.8 Å². The highest BCUT2D eigenvalue weighted by molar-refractivity contribution is 6.74. The van der Waals surface area contributed by atoms with E-state index in [1.807, 2.05) is 30.3 Å². The van der Waals surface area contributed by atoms with Crippen LogP contribution in [-0.4, -0.2) is 62.2 Å². The fourth-order valence-corrected chi connectivity index (χ4v) is 4.17. The number of nitrogens with zero attached hydrogens (tertiary/aromatic N) is 3. The van der Waals surface area contributed by atoms with Crippen molar-refractivity contribution >= 4 is 31.7 Å². The van der Waals surface area contributed by atoms with E-state index in [2.05, 4.69) is 38.8 Å². The molecule has 2 rings (SSSR count). The SMILES string of the molecule is CN(C)C(=O)c1ccnc(Cl)c1C(=O)N(CCO[Si](C)(C)C(C)(C)C)Cc1ccccc1. The number of carbonyl (C=O) groups is 2. The third-order valence-electron chi connectivity index (χ3n) is 5.89. The molecule has 2 aromatic rings. The summed E-state index contributed by atoms with van der Waals surface area (Å²) in [6.45, 7) is 12.1. The minimum Gasteiger partial charge on any atom is -0.415 e. The van der Waals surface area contributed by atoms with Crippen LogP contribution in [0.1, 0.15) is 47.1 Å². The van der Waals surface area contributed by atoms with Crippen LogP contribution in [0.2, 0.25) is 23.3 Å². The van der Waals surface area contributed by atoms with Crippen LogP contribution in [0.15, 0.2) is 42.6 Å². The average Bonchev–Trinajstić information content (AvgIpc) is 2.71. The fraction of sp³-hybridized carbons (Fsp3) is 0.458. The van der Waals surface area contributed by atoms with Crippen molar-refractivity contribution in [3.05, 3.63) is 64.4 Å². The van der Waals surface area contributed by atoms with Crippen molar-refractivity contribution in [1.29, 1.82) is 0 Å². The van der Waals surface area contributed by atoms with E-state index in [4.69, 9.17) is 16.0 Å². The van der Waals surface area contributed by atoms with Gasteiger partial charge in [-0.25, -0.2) is 4.98 Å². The molecule has 2 amide bonds.